The van der Waals surface area contributed by atoms with Crippen molar-refractivity contribution in [3.63, 3.8) is 0 Å². The predicted molar refractivity (Wildman–Crippen MR) is 74.7 cm³/mol. The van der Waals surface area contributed by atoms with Gasteiger partial charge in [0.1, 0.15) is 0 Å². The first-order valence-corrected chi connectivity index (χ1v) is 6.41. The average Bonchev–Trinajstić information content (AvgIpc) is 2.39. The number of hydrogen-bond acceptors (Lipinski definition) is 0. The molecule has 88 valence electrons. The van der Waals surface area contributed by atoms with Gasteiger partial charge in [-0.15, -0.1) is 11.6 Å². The van der Waals surface area contributed by atoms with Crippen LogP contribution in [0.2, 0.25) is 0 Å². The third-order valence-electron chi connectivity index (χ3n) is 2.99. The van der Waals surface area contributed by atoms with Crippen LogP contribution in [-0.4, -0.2) is 0 Å². The molecule has 0 N–H and O–H groups in total. The number of hydrogen-bond donors (Lipinski definition) is 0. The Morgan fingerprint density at radius 3 is 1.71 bits per heavy atom. The second-order valence-corrected chi connectivity index (χ2v) is 5.03. The number of halogens is 1. The van der Waals surface area contributed by atoms with Gasteiger partial charge in [-0.2, -0.15) is 0 Å². The zero-order chi connectivity index (χ0) is 12.3. The topological polar surface area (TPSA) is 0 Å². The van der Waals surface area contributed by atoms with Crippen LogP contribution < -0.4 is 0 Å². The molecule has 2 aromatic rings. The Kier molecular flexibility index (Phi) is 3.86. The van der Waals surface area contributed by atoms with Crippen molar-refractivity contribution in [1.82, 2.24) is 0 Å². The van der Waals surface area contributed by atoms with Crippen LogP contribution >= 0.6 is 11.6 Å². The van der Waals surface area contributed by atoms with Gasteiger partial charge in [0.15, 0.2) is 0 Å². The van der Waals surface area contributed by atoms with Gasteiger partial charge < -0.3 is 0 Å². The van der Waals surface area contributed by atoms with Crippen molar-refractivity contribution >= 4 is 11.6 Å². The molecule has 0 saturated carbocycles. The summed E-state index contributed by atoms with van der Waals surface area (Å²) in [6, 6.07) is 18.8. The van der Waals surface area contributed by atoms with E-state index in [-0.39, 0.29) is 5.38 Å². The average molecular weight is 245 g/mol. The molecule has 1 atom stereocenters. The molecule has 1 unspecified atom stereocenters. The highest BCUT2D eigenvalue weighted by Gasteiger charge is 2.10. The Hall–Kier alpha value is -1.27. The van der Waals surface area contributed by atoms with Gasteiger partial charge in [0.05, 0.1) is 5.38 Å². The first-order valence-electron chi connectivity index (χ1n) is 5.97. The highest BCUT2D eigenvalue weighted by atomic mass is 35.5. The molecule has 0 aliphatic rings. The lowest BCUT2D eigenvalue weighted by Gasteiger charge is -2.12. The minimum Gasteiger partial charge on any atom is -0.113 e. The lowest BCUT2D eigenvalue weighted by atomic mass is 9.99. The third-order valence-corrected chi connectivity index (χ3v) is 3.49. The first-order chi connectivity index (χ1) is 8.18. The van der Waals surface area contributed by atoms with Gasteiger partial charge in [-0.1, -0.05) is 68.4 Å². The SMILES string of the molecule is CC(C)c1ccc(C(Cl)c2ccccc2)cc1. The van der Waals surface area contributed by atoms with Gasteiger partial charge in [0, 0.05) is 0 Å². The molecule has 0 fully saturated rings. The maximum Gasteiger partial charge on any atom is 0.0835 e. The Morgan fingerprint density at radius 2 is 1.18 bits per heavy atom. The summed E-state index contributed by atoms with van der Waals surface area (Å²) in [5.41, 5.74) is 3.65. The van der Waals surface area contributed by atoms with E-state index in [2.05, 4.69) is 50.2 Å². The van der Waals surface area contributed by atoms with Crippen LogP contribution in [0.1, 0.15) is 41.8 Å². The molecule has 0 nitrogen and oxygen atoms in total. The zero-order valence-corrected chi connectivity index (χ0v) is 11.0. The Morgan fingerprint density at radius 1 is 0.706 bits per heavy atom. The minimum atomic E-state index is -0.0580. The molecule has 0 aromatic heterocycles. The number of benzene rings is 2. The maximum atomic E-state index is 6.46. The van der Waals surface area contributed by atoms with Crippen LogP contribution in [0.4, 0.5) is 0 Å². The summed E-state index contributed by atoms with van der Waals surface area (Å²) in [7, 11) is 0. The fraction of sp³-hybridized carbons (Fsp3) is 0.250. The fourth-order valence-corrected chi connectivity index (χ4v) is 2.16. The summed E-state index contributed by atoms with van der Waals surface area (Å²) in [5.74, 6) is 0.564. The van der Waals surface area contributed by atoms with E-state index in [1.165, 1.54) is 5.56 Å². The van der Waals surface area contributed by atoms with Crippen molar-refractivity contribution in [3.05, 3.63) is 71.3 Å². The Bertz CT molecular complexity index is 457. The van der Waals surface area contributed by atoms with Crippen LogP contribution in [0.25, 0.3) is 0 Å². The molecular weight excluding hydrogens is 228 g/mol. The maximum absolute atomic E-state index is 6.46. The van der Waals surface area contributed by atoms with Crippen LogP contribution in [0.15, 0.2) is 54.6 Å². The second-order valence-electron chi connectivity index (χ2n) is 4.59. The standard InChI is InChI=1S/C16H17Cl/c1-12(2)13-8-10-15(11-9-13)16(17)14-6-4-3-5-7-14/h3-12,16H,1-2H3. The summed E-state index contributed by atoms with van der Waals surface area (Å²) in [5, 5.41) is -0.0580. The lowest BCUT2D eigenvalue weighted by Crippen LogP contribution is -1.94. The highest BCUT2D eigenvalue weighted by molar-refractivity contribution is 6.22. The first kappa shape index (κ1) is 12.2. The van der Waals surface area contributed by atoms with E-state index >= 15 is 0 Å². The monoisotopic (exact) mass is 244 g/mol. The van der Waals surface area contributed by atoms with Crippen LogP contribution in [0.3, 0.4) is 0 Å². The summed E-state index contributed by atoms with van der Waals surface area (Å²) < 4.78 is 0. The molecular formula is C16H17Cl. The molecule has 0 amide bonds. The summed E-state index contributed by atoms with van der Waals surface area (Å²) in [4.78, 5) is 0. The van der Waals surface area contributed by atoms with Crippen molar-refractivity contribution in [1.29, 1.82) is 0 Å². The molecule has 0 saturated heterocycles. The van der Waals surface area contributed by atoms with Crippen LogP contribution in [0.5, 0.6) is 0 Å². The molecule has 0 aliphatic heterocycles. The highest BCUT2D eigenvalue weighted by Crippen LogP contribution is 2.29. The molecule has 0 spiro atoms. The molecule has 0 heterocycles. The van der Waals surface area contributed by atoms with Gasteiger partial charge in [-0.3, -0.25) is 0 Å². The molecule has 2 rings (SSSR count). The largest absolute Gasteiger partial charge is 0.113 e. The van der Waals surface area contributed by atoms with Gasteiger partial charge in [0.2, 0.25) is 0 Å². The van der Waals surface area contributed by atoms with Crippen LogP contribution in [-0.2, 0) is 0 Å². The van der Waals surface area contributed by atoms with Gasteiger partial charge >= 0.3 is 0 Å². The number of rotatable bonds is 3. The van der Waals surface area contributed by atoms with Crippen LogP contribution in [0, 0.1) is 0 Å². The van der Waals surface area contributed by atoms with E-state index in [0.717, 1.165) is 11.1 Å². The predicted octanol–water partition coefficient (Wildman–Crippen LogP) is 5.14. The van der Waals surface area contributed by atoms with E-state index < -0.39 is 0 Å². The molecule has 1 heteroatoms. The summed E-state index contributed by atoms with van der Waals surface area (Å²) >= 11 is 6.46. The van der Waals surface area contributed by atoms with Crippen molar-refractivity contribution in [2.24, 2.45) is 0 Å². The van der Waals surface area contributed by atoms with Gasteiger partial charge in [0.25, 0.3) is 0 Å². The van der Waals surface area contributed by atoms with Crippen molar-refractivity contribution in [2.45, 2.75) is 25.1 Å². The van der Waals surface area contributed by atoms with E-state index in [1.54, 1.807) is 0 Å². The van der Waals surface area contributed by atoms with E-state index in [1.807, 2.05) is 18.2 Å². The second kappa shape index (κ2) is 5.37. The third kappa shape index (κ3) is 2.89. The van der Waals surface area contributed by atoms with E-state index in [0.29, 0.717) is 5.92 Å². The van der Waals surface area contributed by atoms with E-state index in [9.17, 15) is 0 Å². The lowest BCUT2D eigenvalue weighted by molar-refractivity contribution is 0.865. The number of alkyl halides is 1. The quantitative estimate of drug-likeness (QED) is 0.656. The smallest absolute Gasteiger partial charge is 0.0835 e. The van der Waals surface area contributed by atoms with E-state index in [4.69, 9.17) is 11.6 Å². The summed E-state index contributed by atoms with van der Waals surface area (Å²) in [6.45, 7) is 4.40. The normalized spacial score (nSPS) is 12.7. The van der Waals surface area contributed by atoms with Gasteiger partial charge in [-0.05, 0) is 22.6 Å². The molecule has 0 aliphatic carbocycles. The molecule has 0 bridgehead atoms. The van der Waals surface area contributed by atoms with Crippen molar-refractivity contribution in [3.8, 4) is 0 Å². The fourth-order valence-electron chi connectivity index (χ4n) is 1.86. The Balaban J connectivity index is 2.23. The van der Waals surface area contributed by atoms with Gasteiger partial charge in [-0.25, -0.2) is 0 Å². The molecule has 0 radical (unpaired) electrons. The minimum absolute atomic E-state index is 0.0580. The molecule has 2 aromatic carbocycles. The van der Waals surface area contributed by atoms with Crippen molar-refractivity contribution < 1.29 is 0 Å². The van der Waals surface area contributed by atoms with Crippen molar-refractivity contribution in [2.75, 3.05) is 0 Å². The zero-order valence-electron chi connectivity index (χ0n) is 10.2. The molecule has 17 heavy (non-hydrogen) atoms. The summed E-state index contributed by atoms with van der Waals surface area (Å²) in [6.07, 6.45) is 0. The Labute approximate surface area is 108 Å².